The van der Waals surface area contributed by atoms with Crippen LogP contribution < -0.4 is 20.5 Å². The van der Waals surface area contributed by atoms with Gasteiger partial charge in [-0.05, 0) is 49.1 Å². The number of nitrogens with one attached hydrogen (secondary N) is 1. The third-order valence-electron chi connectivity index (χ3n) is 3.85. The van der Waals surface area contributed by atoms with E-state index < -0.39 is 0 Å². The molecule has 26 heavy (non-hydrogen) atoms. The van der Waals surface area contributed by atoms with Gasteiger partial charge in [0.2, 0.25) is 5.88 Å². The van der Waals surface area contributed by atoms with E-state index in [1.54, 1.807) is 36.5 Å². The highest BCUT2D eigenvalue weighted by atomic mass is 35.5. The van der Waals surface area contributed by atoms with E-state index in [2.05, 4.69) is 10.3 Å². The van der Waals surface area contributed by atoms with Crippen LogP contribution in [0.1, 0.15) is 12.8 Å². The molecule has 1 amide bonds. The largest absolute Gasteiger partial charge is 0.484 e. The van der Waals surface area contributed by atoms with Crippen molar-refractivity contribution in [3.63, 3.8) is 0 Å². The molecule has 8 heteroatoms. The number of carbonyl (C=O) groups is 1. The molecule has 0 bridgehead atoms. The van der Waals surface area contributed by atoms with Crippen LogP contribution in [-0.2, 0) is 4.79 Å². The van der Waals surface area contributed by atoms with Crippen LogP contribution in [0.25, 0.3) is 0 Å². The number of rotatable bonds is 8. The lowest BCUT2D eigenvalue weighted by Gasteiger charge is -2.16. The first-order valence-electron chi connectivity index (χ1n) is 8.06. The molecular formula is C18H23Cl2N3O3. The van der Waals surface area contributed by atoms with Gasteiger partial charge >= 0.3 is 0 Å². The molecule has 1 fully saturated rings. The maximum atomic E-state index is 11.9. The zero-order valence-corrected chi connectivity index (χ0v) is 15.8. The van der Waals surface area contributed by atoms with Crippen LogP contribution in [0, 0.1) is 5.92 Å². The fraction of sp³-hybridized carbons (Fsp3) is 0.333. The predicted molar refractivity (Wildman–Crippen MR) is 104 cm³/mol. The number of carbonyl (C=O) groups excluding carboxylic acids is 1. The standard InChI is InChI=1S/C18H21N3O3.2ClH/c19-11-16(13-4-5-13)21-17(22)12-23-14-6-8-15(9-7-14)24-18-3-1-2-10-20-18;;/h1-3,6-10,13,16H,4-5,11-12,19H2,(H,21,22);2*1H. The van der Waals surface area contributed by atoms with Crippen molar-refractivity contribution < 1.29 is 14.3 Å². The van der Waals surface area contributed by atoms with Gasteiger partial charge < -0.3 is 20.5 Å². The summed E-state index contributed by atoms with van der Waals surface area (Å²) in [6, 6.07) is 12.6. The molecule has 1 aliphatic rings. The first kappa shape index (κ1) is 22.0. The van der Waals surface area contributed by atoms with Crippen LogP contribution in [0.2, 0.25) is 0 Å². The van der Waals surface area contributed by atoms with Crippen molar-refractivity contribution in [2.45, 2.75) is 18.9 Å². The number of hydrogen-bond donors (Lipinski definition) is 2. The van der Waals surface area contributed by atoms with E-state index in [-0.39, 0.29) is 43.4 Å². The van der Waals surface area contributed by atoms with E-state index in [9.17, 15) is 4.79 Å². The summed E-state index contributed by atoms with van der Waals surface area (Å²) in [4.78, 5) is 16.0. The first-order valence-corrected chi connectivity index (χ1v) is 8.06. The Morgan fingerprint density at radius 3 is 2.42 bits per heavy atom. The molecule has 1 heterocycles. The Labute approximate surface area is 165 Å². The molecule has 1 aromatic carbocycles. The van der Waals surface area contributed by atoms with Gasteiger partial charge in [-0.1, -0.05) is 6.07 Å². The van der Waals surface area contributed by atoms with Gasteiger partial charge in [-0.3, -0.25) is 4.79 Å². The predicted octanol–water partition coefficient (Wildman–Crippen LogP) is 2.95. The Balaban J connectivity index is 0.00000169. The summed E-state index contributed by atoms with van der Waals surface area (Å²) in [6.07, 6.45) is 3.95. The minimum absolute atomic E-state index is 0. The van der Waals surface area contributed by atoms with Crippen molar-refractivity contribution in [3.8, 4) is 17.4 Å². The Kier molecular flexibility index (Phi) is 9.19. The van der Waals surface area contributed by atoms with Gasteiger partial charge in [-0.15, -0.1) is 24.8 Å². The number of aromatic nitrogens is 1. The highest BCUT2D eigenvalue weighted by Crippen LogP contribution is 2.32. The maximum absolute atomic E-state index is 11.9. The molecule has 3 rings (SSSR count). The average Bonchev–Trinajstić information content (AvgIpc) is 3.45. The van der Waals surface area contributed by atoms with E-state index in [1.807, 2.05) is 12.1 Å². The molecule has 0 radical (unpaired) electrons. The summed E-state index contributed by atoms with van der Waals surface area (Å²) in [5.74, 6) is 2.17. The van der Waals surface area contributed by atoms with Crippen molar-refractivity contribution >= 4 is 30.7 Å². The van der Waals surface area contributed by atoms with Crippen molar-refractivity contribution in [2.75, 3.05) is 13.2 Å². The smallest absolute Gasteiger partial charge is 0.258 e. The summed E-state index contributed by atoms with van der Waals surface area (Å²) in [6.45, 7) is 0.444. The average molecular weight is 400 g/mol. The molecule has 1 aliphatic carbocycles. The van der Waals surface area contributed by atoms with Gasteiger partial charge in [0.25, 0.3) is 5.91 Å². The lowest BCUT2D eigenvalue weighted by atomic mass is 10.2. The highest BCUT2D eigenvalue weighted by Gasteiger charge is 2.31. The summed E-state index contributed by atoms with van der Waals surface area (Å²) in [5.41, 5.74) is 5.67. The number of pyridine rings is 1. The molecule has 3 N–H and O–H groups in total. The highest BCUT2D eigenvalue weighted by molar-refractivity contribution is 5.85. The number of amides is 1. The van der Waals surface area contributed by atoms with Crippen LogP contribution in [0.4, 0.5) is 0 Å². The van der Waals surface area contributed by atoms with E-state index in [1.165, 1.54) is 0 Å². The Bertz CT molecular complexity index is 667. The number of benzene rings is 1. The van der Waals surface area contributed by atoms with E-state index in [4.69, 9.17) is 15.2 Å². The second kappa shape index (κ2) is 10.9. The monoisotopic (exact) mass is 399 g/mol. The van der Waals surface area contributed by atoms with E-state index >= 15 is 0 Å². The van der Waals surface area contributed by atoms with Crippen molar-refractivity contribution in [2.24, 2.45) is 11.7 Å². The fourth-order valence-electron chi connectivity index (χ4n) is 2.40. The van der Waals surface area contributed by atoms with E-state index in [0.717, 1.165) is 12.8 Å². The number of halogens is 2. The summed E-state index contributed by atoms with van der Waals surface area (Å²) >= 11 is 0. The topological polar surface area (TPSA) is 86.5 Å². The third-order valence-corrected chi connectivity index (χ3v) is 3.85. The van der Waals surface area contributed by atoms with E-state index in [0.29, 0.717) is 29.8 Å². The van der Waals surface area contributed by atoms with Crippen LogP contribution in [0.15, 0.2) is 48.7 Å². The van der Waals surface area contributed by atoms with Crippen LogP contribution in [0.3, 0.4) is 0 Å². The van der Waals surface area contributed by atoms with Gasteiger partial charge in [0.1, 0.15) is 11.5 Å². The molecule has 1 atom stereocenters. The van der Waals surface area contributed by atoms with Crippen molar-refractivity contribution in [1.82, 2.24) is 10.3 Å². The normalized spacial score (nSPS) is 13.6. The summed E-state index contributed by atoms with van der Waals surface area (Å²) in [7, 11) is 0. The Hall–Kier alpha value is -2.02. The fourth-order valence-corrected chi connectivity index (χ4v) is 2.40. The molecule has 0 aliphatic heterocycles. The second-order valence-electron chi connectivity index (χ2n) is 5.78. The zero-order valence-electron chi connectivity index (χ0n) is 14.2. The second-order valence-corrected chi connectivity index (χ2v) is 5.78. The van der Waals surface area contributed by atoms with Crippen molar-refractivity contribution in [3.05, 3.63) is 48.7 Å². The Morgan fingerprint density at radius 2 is 1.85 bits per heavy atom. The molecule has 1 saturated carbocycles. The third kappa shape index (κ3) is 6.71. The number of hydrogen-bond acceptors (Lipinski definition) is 5. The zero-order chi connectivity index (χ0) is 16.8. The quantitative estimate of drug-likeness (QED) is 0.712. The SMILES string of the molecule is Cl.Cl.NCC(NC(=O)COc1ccc(Oc2ccccn2)cc1)C1CC1. The molecule has 1 unspecified atom stereocenters. The lowest BCUT2D eigenvalue weighted by molar-refractivity contribution is -0.123. The summed E-state index contributed by atoms with van der Waals surface area (Å²) < 4.78 is 11.1. The number of nitrogens with two attached hydrogens (primary N) is 1. The van der Waals surface area contributed by atoms with Crippen LogP contribution in [-0.4, -0.2) is 30.1 Å². The molecular weight excluding hydrogens is 377 g/mol. The maximum Gasteiger partial charge on any atom is 0.258 e. The first-order chi connectivity index (χ1) is 11.7. The molecule has 1 aromatic heterocycles. The lowest BCUT2D eigenvalue weighted by Crippen LogP contribution is -2.43. The molecule has 0 saturated heterocycles. The van der Waals surface area contributed by atoms with Gasteiger partial charge in [0.15, 0.2) is 6.61 Å². The number of nitrogens with zero attached hydrogens (tertiary/aromatic N) is 1. The molecule has 0 spiro atoms. The van der Waals surface area contributed by atoms with Gasteiger partial charge in [0.05, 0.1) is 0 Å². The summed E-state index contributed by atoms with van der Waals surface area (Å²) in [5, 5.41) is 2.92. The molecule has 6 nitrogen and oxygen atoms in total. The molecule has 2 aromatic rings. The molecule has 142 valence electrons. The van der Waals surface area contributed by atoms with Gasteiger partial charge in [-0.25, -0.2) is 4.98 Å². The van der Waals surface area contributed by atoms with Crippen molar-refractivity contribution in [1.29, 1.82) is 0 Å². The van der Waals surface area contributed by atoms with Gasteiger partial charge in [0, 0.05) is 24.8 Å². The van der Waals surface area contributed by atoms with Crippen LogP contribution >= 0.6 is 24.8 Å². The Morgan fingerprint density at radius 1 is 1.15 bits per heavy atom. The van der Waals surface area contributed by atoms with Gasteiger partial charge in [-0.2, -0.15) is 0 Å². The number of ether oxygens (including phenoxy) is 2. The minimum Gasteiger partial charge on any atom is -0.484 e. The van der Waals surface area contributed by atoms with Crippen LogP contribution in [0.5, 0.6) is 17.4 Å². The minimum atomic E-state index is -0.147.